The van der Waals surface area contributed by atoms with Gasteiger partial charge in [-0.05, 0) is 50.9 Å². The summed E-state index contributed by atoms with van der Waals surface area (Å²) in [4.78, 5) is 0. The van der Waals surface area contributed by atoms with Crippen LogP contribution in [0.15, 0.2) is 0 Å². The van der Waals surface area contributed by atoms with Gasteiger partial charge >= 0.3 is 0 Å². The highest BCUT2D eigenvalue weighted by molar-refractivity contribution is 4.83. The summed E-state index contributed by atoms with van der Waals surface area (Å²) < 4.78 is 0. The molecule has 2 aliphatic rings. The predicted octanol–water partition coefficient (Wildman–Crippen LogP) is 4.12. The molecule has 1 N–H and O–H groups in total. The van der Waals surface area contributed by atoms with Gasteiger partial charge in [0.15, 0.2) is 0 Å². The quantitative estimate of drug-likeness (QED) is 0.707. The van der Waals surface area contributed by atoms with Gasteiger partial charge in [0, 0.05) is 12.1 Å². The maximum absolute atomic E-state index is 3.91. The van der Waals surface area contributed by atoms with Gasteiger partial charge in [0.2, 0.25) is 0 Å². The largest absolute Gasteiger partial charge is 0.311 e. The molecule has 2 rings (SSSR count). The summed E-state index contributed by atoms with van der Waals surface area (Å²) in [5, 5.41) is 3.91. The van der Waals surface area contributed by atoms with Crippen LogP contribution in [0.2, 0.25) is 0 Å². The maximum atomic E-state index is 3.91. The molecule has 3 unspecified atom stereocenters. The zero-order chi connectivity index (χ0) is 11.4. The monoisotopic (exact) mass is 223 g/mol. The Labute approximate surface area is 101 Å². The first kappa shape index (κ1) is 12.4. The Kier molecular flexibility index (Phi) is 4.69. The Morgan fingerprint density at radius 3 is 2.38 bits per heavy atom. The normalized spacial score (nSPS) is 34.1. The van der Waals surface area contributed by atoms with Crippen molar-refractivity contribution in [1.29, 1.82) is 0 Å². The van der Waals surface area contributed by atoms with Crippen molar-refractivity contribution in [1.82, 2.24) is 5.32 Å². The van der Waals surface area contributed by atoms with Gasteiger partial charge in [-0.25, -0.2) is 0 Å². The van der Waals surface area contributed by atoms with E-state index in [1.807, 2.05) is 0 Å². The molecule has 3 atom stereocenters. The third-order valence-corrected chi connectivity index (χ3v) is 5.02. The van der Waals surface area contributed by atoms with Crippen LogP contribution in [-0.4, -0.2) is 12.1 Å². The average Bonchev–Trinajstić information content (AvgIpc) is 2.40. The van der Waals surface area contributed by atoms with Crippen LogP contribution in [0.4, 0.5) is 0 Å². The molecule has 0 radical (unpaired) electrons. The van der Waals surface area contributed by atoms with Gasteiger partial charge in [0.1, 0.15) is 0 Å². The molecule has 0 aliphatic heterocycles. The van der Waals surface area contributed by atoms with Gasteiger partial charge in [-0.1, -0.05) is 32.6 Å². The van der Waals surface area contributed by atoms with E-state index in [1.54, 1.807) is 0 Å². The van der Waals surface area contributed by atoms with Gasteiger partial charge in [-0.15, -0.1) is 0 Å². The van der Waals surface area contributed by atoms with E-state index >= 15 is 0 Å². The van der Waals surface area contributed by atoms with Gasteiger partial charge in [-0.2, -0.15) is 0 Å². The Bertz CT molecular complexity index is 198. The Balaban J connectivity index is 1.72. The Hall–Kier alpha value is -0.0400. The molecule has 0 aromatic carbocycles. The van der Waals surface area contributed by atoms with E-state index in [0.717, 1.165) is 23.9 Å². The van der Waals surface area contributed by atoms with Crippen LogP contribution in [0, 0.1) is 11.8 Å². The lowest BCUT2D eigenvalue weighted by atomic mass is 9.80. The van der Waals surface area contributed by atoms with Crippen molar-refractivity contribution in [2.24, 2.45) is 11.8 Å². The van der Waals surface area contributed by atoms with E-state index in [0.29, 0.717) is 0 Å². The second-order valence-electron chi connectivity index (χ2n) is 6.13. The van der Waals surface area contributed by atoms with Crippen LogP contribution in [0.1, 0.15) is 71.6 Å². The molecule has 0 amide bonds. The fourth-order valence-electron chi connectivity index (χ4n) is 3.40. The van der Waals surface area contributed by atoms with Crippen LogP contribution in [0.3, 0.4) is 0 Å². The first-order valence-electron chi connectivity index (χ1n) is 7.55. The summed E-state index contributed by atoms with van der Waals surface area (Å²) in [5.41, 5.74) is 0. The van der Waals surface area contributed by atoms with Crippen LogP contribution >= 0.6 is 0 Å². The SMILES string of the molecule is CCC1CCCC(NC(C)C2CCC2)CC1. The molecule has 1 nitrogen and oxygen atoms in total. The van der Waals surface area contributed by atoms with Gasteiger partial charge in [0.25, 0.3) is 0 Å². The molecule has 2 fully saturated rings. The summed E-state index contributed by atoms with van der Waals surface area (Å²) in [6.07, 6.45) is 13.1. The molecule has 1 heteroatoms. The molecule has 0 spiro atoms. The van der Waals surface area contributed by atoms with E-state index in [1.165, 1.54) is 57.8 Å². The summed E-state index contributed by atoms with van der Waals surface area (Å²) in [6.45, 7) is 4.77. The Morgan fingerprint density at radius 2 is 1.75 bits per heavy atom. The smallest absolute Gasteiger partial charge is 0.00697 e. The minimum Gasteiger partial charge on any atom is -0.311 e. The van der Waals surface area contributed by atoms with Crippen molar-refractivity contribution in [2.75, 3.05) is 0 Å². The summed E-state index contributed by atoms with van der Waals surface area (Å²) >= 11 is 0. The second-order valence-corrected chi connectivity index (χ2v) is 6.13. The first-order chi connectivity index (χ1) is 7.79. The number of nitrogens with one attached hydrogen (secondary N) is 1. The summed E-state index contributed by atoms with van der Waals surface area (Å²) in [6, 6.07) is 1.60. The molecule has 16 heavy (non-hydrogen) atoms. The lowest BCUT2D eigenvalue weighted by Crippen LogP contribution is -2.42. The van der Waals surface area contributed by atoms with E-state index in [-0.39, 0.29) is 0 Å². The summed E-state index contributed by atoms with van der Waals surface area (Å²) in [7, 11) is 0. The Morgan fingerprint density at radius 1 is 1.00 bits per heavy atom. The molecular weight excluding hydrogens is 194 g/mol. The lowest BCUT2D eigenvalue weighted by Gasteiger charge is -2.34. The van der Waals surface area contributed by atoms with Gasteiger partial charge in [0.05, 0.1) is 0 Å². The average molecular weight is 223 g/mol. The molecule has 2 saturated carbocycles. The highest BCUT2D eigenvalue weighted by Crippen LogP contribution is 2.31. The minimum atomic E-state index is 0.775. The number of rotatable bonds is 4. The highest BCUT2D eigenvalue weighted by Gasteiger charge is 2.26. The maximum Gasteiger partial charge on any atom is 0.00697 e. The molecule has 0 aromatic heterocycles. The molecule has 0 bridgehead atoms. The predicted molar refractivity (Wildman–Crippen MR) is 70.6 cm³/mol. The first-order valence-corrected chi connectivity index (χ1v) is 7.55. The van der Waals surface area contributed by atoms with E-state index in [4.69, 9.17) is 0 Å². The van der Waals surface area contributed by atoms with Crippen LogP contribution in [-0.2, 0) is 0 Å². The van der Waals surface area contributed by atoms with Crippen LogP contribution in [0.25, 0.3) is 0 Å². The number of hydrogen-bond acceptors (Lipinski definition) is 1. The molecule has 94 valence electrons. The van der Waals surface area contributed by atoms with Crippen molar-refractivity contribution < 1.29 is 0 Å². The third kappa shape index (κ3) is 3.23. The van der Waals surface area contributed by atoms with Gasteiger partial charge < -0.3 is 5.32 Å². The molecule has 2 aliphatic carbocycles. The summed E-state index contributed by atoms with van der Waals surface area (Å²) in [5.74, 6) is 2.01. The van der Waals surface area contributed by atoms with Crippen molar-refractivity contribution in [3.05, 3.63) is 0 Å². The standard InChI is InChI=1S/C15H29N/c1-3-13-6-4-9-15(11-10-13)16-12(2)14-7-5-8-14/h12-16H,3-11H2,1-2H3. The molecule has 0 aromatic rings. The molecule has 0 saturated heterocycles. The minimum absolute atomic E-state index is 0.775. The van der Waals surface area contributed by atoms with Crippen molar-refractivity contribution in [3.63, 3.8) is 0 Å². The number of hydrogen-bond donors (Lipinski definition) is 1. The fourth-order valence-corrected chi connectivity index (χ4v) is 3.40. The van der Waals surface area contributed by atoms with Gasteiger partial charge in [-0.3, -0.25) is 0 Å². The van der Waals surface area contributed by atoms with Crippen LogP contribution < -0.4 is 5.32 Å². The topological polar surface area (TPSA) is 12.0 Å². The van der Waals surface area contributed by atoms with Crippen molar-refractivity contribution >= 4 is 0 Å². The second kappa shape index (κ2) is 6.05. The zero-order valence-electron chi connectivity index (χ0n) is 11.2. The highest BCUT2D eigenvalue weighted by atomic mass is 15.0. The zero-order valence-corrected chi connectivity index (χ0v) is 11.2. The van der Waals surface area contributed by atoms with E-state index in [9.17, 15) is 0 Å². The fraction of sp³-hybridized carbons (Fsp3) is 1.00. The van der Waals surface area contributed by atoms with Crippen LogP contribution in [0.5, 0.6) is 0 Å². The van der Waals surface area contributed by atoms with E-state index in [2.05, 4.69) is 19.2 Å². The van der Waals surface area contributed by atoms with Crippen molar-refractivity contribution in [2.45, 2.75) is 83.7 Å². The van der Waals surface area contributed by atoms with E-state index < -0.39 is 0 Å². The molecule has 0 heterocycles. The molecular formula is C15H29N. The third-order valence-electron chi connectivity index (χ3n) is 5.02. The van der Waals surface area contributed by atoms with Crippen molar-refractivity contribution in [3.8, 4) is 0 Å². The lowest BCUT2D eigenvalue weighted by molar-refractivity contribution is 0.220.